The van der Waals surface area contributed by atoms with Crippen LogP contribution in [0, 0.1) is 0 Å². The van der Waals surface area contributed by atoms with Crippen LogP contribution in [0.2, 0.25) is 0 Å². The van der Waals surface area contributed by atoms with Gasteiger partial charge in [0.1, 0.15) is 12.4 Å². The molecule has 1 aliphatic heterocycles. The van der Waals surface area contributed by atoms with E-state index in [0.29, 0.717) is 13.2 Å². The van der Waals surface area contributed by atoms with Gasteiger partial charge < -0.3 is 19.8 Å². The summed E-state index contributed by atoms with van der Waals surface area (Å²) >= 11 is 0. The minimum Gasteiger partial charge on any atom is -0.489 e. The van der Waals surface area contributed by atoms with E-state index in [1.165, 1.54) is 0 Å². The average Bonchev–Trinajstić information content (AvgIpc) is 2.87. The zero-order valence-electron chi connectivity index (χ0n) is 16.6. The summed E-state index contributed by atoms with van der Waals surface area (Å²) in [6.45, 7) is 9.10. The Bertz CT molecular complexity index is 769. The van der Waals surface area contributed by atoms with E-state index in [1.807, 2.05) is 76.2 Å². The van der Waals surface area contributed by atoms with E-state index >= 15 is 0 Å². The highest BCUT2D eigenvalue weighted by atomic mass is 16.7. The SMILES string of the molecule is CC1(C)OB(C(=Cc2ccc(OCc3ccccc3)cc2)CN)OC1(C)C. The van der Waals surface area contributed by atoms with Crippen molar-refractivity contribution >= 4 is 13.2 Å². The third kappa shape index (κ3) is 4.61. The Morgan fingerprint density at radius 3 is 2.11 bits per heavy atom. The summed E-state index contributed by atoms with van der Waals surface area (Å²) in [5.41, 5.74) is 8.33. The lowest BCUT2D eigenvalue weighted by Gasteiger charge is -2.32. The zero-order chi connectivity index (χ0) is 19.5. The highest BCUT2D eigenvalue weighted by Crippen LogP contribution is 2.38. The van der Waals surface area contributed by atoms with Gasteiger partial charge in [-0.2, -0.15) is 0 Å². The Morgan fingerprint density at radius 1 is 0.963 bits per heavy atom. The van der Waals surface area contributed by atoms with Crippen molar-refractivity contribution in [3.8, 4) is 5.75 Å². The lowest BCUT2D eigenvalue weighted by atomic mass is 9.77. The lowest BCUT2D eigenvalue weighted by Crippen LogP contribution is -2.41. The van der Waals surface area contributed by atoms with Crippen molar-refractivity contribution in [1.82, 2.24) is 0 Å². The van der Waals surface area contributed by atoms with Crippen LogP contribution in [0.5, 0.6) is 5.75 Å². The molecule has 1 fully saturated rings. The smallest absolute Gasteiger partial charge is 0.489 e. The molecule has 5 heteroatoms. The predicted octanol–water partition coefficient (Wildman–Crippen LogP) is 4.24. The van der Waals surface area contributed by atoms with Crippen molar-refractivity contribution in [1.29, 1.82) is 0 Å². The maximum Gasteiger partial charge on any atom is 0.491 e. The molecule has 1 aliphatic rings. The largest absolute Gasteiger partial charge is 0.491 e. The van der Waals surface area contributed by atoms with Crippen molar-refractivity contribution in [2.75, 3.05) is 6.54 Å². The second-order valence-electron chi connectivity index (χ2n) is 7.85. The molecule has 1 saturated heterocycles. The summed E-state index contributed by atoms with van der Waals surface area (Å²) in [6, 6.07) is 18.1. The van der Waals surface area contributed by atoms with Crippen LogP contribution in [-0.2, 0) is 15.9 Å². The van der Waals surface area contributed by atoms with E-state index in [-0.39, 0.29) is 11.2 Å². The molecule has 0 spiro atoms. The fourth-order valence-corrected chi connectivity index (χ4v) is 2.83. The number of benzene rings is 2. The van der Waals surface area contributed by atoms with Crippen LogP contribution in [-0.4, -0.2) is 24.9 Å². The maximum atomic E-state index is 6.11. The Labute approximate surface area is 162 Å². The van der Waals surface area contributed by atoms with E-state index in [1.54, 1.807) is 0 Å². The van der Waals surface area contributed by atoms with Gasteiger partial charge in [0.2, 0.25) is 0 Å². The van der Waals surface area contributed by atoms with Crippen LogP contribution in [0.25, 0.3) is 6.08 Å². The fraction of sp³-hybridized carbons (Fsp3) is 0.364. The Kier molecular flexibility index (Phi) is 5.75. The van der Waals surface area contributed by atoms with Crippen molar-refractivity contribution in [2.45, 2.75) is 45.5 Å². The summed E-state index contributed by atoms with van der Waals surface area (Å²) in [7, 11) is -0.422. The monoisotopic (exact) mass is 365 g/mol. The van der Waals surface area contributed by atoms with Gasteiger partial charge in [-0.25, -0.2) is 0 Å². The van der Waals surface area contributed by atoms with Crippen LogP contribution in [0.15, 0.2) is 60.1 Å². The molecule has 3 rings (SSSR count). The molecule has 0 aliphatic carbocycles. The first-order valence-corrected chi connectivity index (χ1v) is 9.34. The molecule has 2 aromatic carbocycles. The maximum absolute atomic E-state index is 6.11. The molecule has 0 saturated carbocycles. The summed E-state index contributed by atoms with van der Waals surface area (Å²) < 4.78 is 18.0. The van der Waals surface area contributed by atoms with Crippen LogP contribution in [0.4, 0.5) is 0 Å². The summed E-state index contributed by atoms with van der Waals surface area (Å²) in [5.74, 6) is 0.834. The van der Waals surface area contributed by atoms with Crippen LogP contribution >= 0.6 is 0 Å². The molecule has 0 bridgehead atoms. The Hall–Kier alpha value is -2.08. The predicted molar refractivity (Wildman–Crippen MR) is 110 cm³/mol. The van der Waals surface area contributed by atoms with Gasteiger partial charge in [0, 0.05) is 6.54 Å². The molecule has 2 aromatic rings. The minimum atomic E-state index is -0.422. The first-order chi connectivity index (χ1) is 12.8. The minimum absolute atomic E-state index is 0.374. The number of nitrogens with two attached hydrogens (primary N) is 1. The standard InChI is InChI=1S/C22H28BNO3/c1-21(2)22(3,4)27-23(26-21)19(15-24)14-17-10-12-20(13-11-17)25-16-18-8-6-5-7-9-18/h5-14H,15-16,24H2,1-4H3. The Balaban J connectivity index is 1.67. The van der Waals surface area contributed by atoms with Crippen molar-refractivity contribution in [2.24, 2.45) is 5.73 Å². The van der Waals surface area contributed by atoms with E-state index in [4.69, 9.17) is 19.8 Å². The molecule has 0 aromatic heterocycles. The van der Waals surface area contributed by atoms with Gasteiger partial charge in [0.05, 0.1) is 11.2 Å². The summed E-state index contributed by atoms with van der Waals surface area (Å²) in [6.07, 6.45) is 2.03. The topological polar surface area (TPSA) is 53.7 Å². The van der Waals surface area contributed by atoms with Crippen molar-refractivity contribution < 1.29 is 14.0 Å². The molecule has 0 radical (unpaired) electrons. The first kappa shape index (κ1) is 19.7. The van der Waals surface area contributed by atoms with Gasteiger partial charge in [0.25, 0.3) is 0 Å². The lowest BCUT2D eigenvalue weighted by molar-refractivity contribution is 0.00578. The molecule has 1 heterocycles. The Morgan fingerprint density at radius 2 is 1.56 bits per heavy atom. The van der Waals surface area contributed by atoms with Crippen LogP contribution in [0.3, 0.4) is 0 Å². The molecule has 0 amide bonds. The zero-order valence-corrected chi connectivity index (χ0v) is 16.6. The number of hydrogen-bond donors (Lipinski definition) is 1. The second-order valence-corrected chi connectivity index (χ2v) is 7.85. The van der Waals surface area contributed by atoms with E-state index in [2.05, 4.69) is 12.1 Å². The molecule has 27 heavy (non-hydrogen) atoms. The molecule has 0 atom stereocenters. The molecular formula is C22H28BNO3. The highest BCUT2D eigenvalue weighted by molar-refractivity contribution is 6.55. The number of hydrogen-bond acceptors (Lipinski definition) is 4. The first-order valence-electron chi connectivity index (χ1n) is 9.34. The van der Waals surface area contributed by atoms with Gasteiger partial charge in [-0.1, -0.05) is 48.5 Å². The van der Waals surface area contributed by atoms with Gasteiger partial charge in [-0.15, -0.1) is 0 Å². The quantitative estimate of drug-likeness (QED) is 0.778. The van der Waals surface area contributed by atoms with Gasteiger partial charge in [0.15, 0.2) is 0 Å². The van der Waals surface area contributed by atoms with Gasteiger partial charge >= 0.3 is 7.12 Å². The molecule has 142 valence electrons. The van der Waals surface area contributed by atoms with Crippen LogP contribution in [0.1, 0.15) is 38.8 Å². The fourth-order valence-electron chi connectivity index (χ4n) is 2.83. The number of rotatable bonds is 6. The summed E-state index contributed by atoms with van der Waals surface area (Å²) in [4.78, 5) is 0. The van der Waals surface area contributed by atoms with Crippen molar-refractivity contribution in [3.63, 3.8) is 0 Å². The third-order valence-electron chi connectivity index (χ3n) is 5.27. The van der Waals surface area contributed by atoms with Gasteiger partial charge in [-0.3, -0.25) is 0 Å². The van der Waals surface area contributed by atoms with E-state index in [0.717, 1.165) is 22.3 Å². The third-order valence-corrected chi connectivity index (χ3v) is 5.27. The number of ether oxygens (including phenoxy) is 1. The van der Waals surface area contributed by atoms with Crippen LogP contribution < -0.4 is 10.5 Å². The second kappa shape index (κ2) is 7.89. The highest BCUT2D eigenvalue weighted by Gasteiger charge is 2.52. The molecular weight excluding hydrogens is 337 g/mol. The normalized spacial score (nSPS) is 18.6. The average molecular weight is 365 g/mol. The van der Waals surface area contributed by atoms with E-state index < -0.39 is 7.12 Å². The van der Waals surface area contributed by atoms with Gasteiger partial charge in [-0.05, 0) is 56.4 Å². The molecule has 0 unspecified atom stereocenters. The molecule has 2 N–H and O–H groups in total. The summed E-state index contributed by atoms with van der Waals surface area (Å²) in [5, 5.41) is 0. The van der Waals surface area contributed by atoms with Crippen molar-refractivity contribution in [3.05, 3.63) is 71.2 Å². The van der Waals surface area contributed by atoms with E-state index in [9.17, 15) is 0 Å². The molecule has 4 nitrogen and oxygen atoms in total.